The number of nitrogens with one attached hydrogen (secondary N) is 1. The molecule has 0 aliphatic carbocycles. The van der Waals surface area contributed by atoms with Crippen LogP contribution in [0, 0.1) is 11.6 Å². The van der Waals surface area contributed by atoms with Crippen LogP contribution in [-0.2, 0) is 4.79 Å². The maximum Gasteiger partial charge on any atom is 0.253 e. The van der Waals surface area contributed by atoms with Crippen molar-refractivity contribution >= 4 is 23.2 Å². The Balaban J connectivity index is 2.67. The van der Waals surface area contributed by atoms with Gasteiger partial charge in [0.1, 0.15) is 11.6 Å². The molecule has 2 rings (SSSR count). The third-order valence-electron chi connectivity index (χ3n) is 3.68. The Kier molecular flexibility index (Phi) is 4.46. The number of carbonyl (C=O) groups is 1. The van der Waals surface area contributed by atoms with Crippen LogP contribution in [0.25, 0.3) is 0 Å². The number of benzene rings is 1. The number of nitrogens with zero attached hydrogens (tertiary/aromatic N) is 2. The average Bonchev–Trinajstić information content (AvgIpc) is 2.44. The third kappa shape index (κ3) is 2.68. The lowest BCUT2D eigenvalue weighted by atomic mass is 9.93. The van der Waals surface area contributed by atoms with Crippen LogP contribution in [0.1, 0.15) is 18.5 Å². The molecule has 0 aromatic heterocycles. The first-order valence-electron chi connectivity index (χ1n) is 6.66. The van der Waals surface area contributed by atoms with Crippen LogP contribution in [0.4, 0.5) is 8.78 Å². The minimum atomic E-state index is -0.959. The molecule has 1 aliphatic rings. The molecule has 0 saturated heterocycles. The fraction of sp³-hybridized carbons (Fsp3) is 0.333. The van der Waals surface area contributed by atoms with Crippen molar-refractivity contribution in [3.63, 3.8) is 0 Å². The van der Waals surface area contributed by atoms with Gasteiger partial charge in [-0.3, -0.25) is 4.79 Å². The highest BCUT2D eigenvalue weighted by Crippen LogP contribution is 2.33. The minimum absolute atomic E-state index is 0.206. The number of carbonyl (C=O) groups excluding carboxylic acids is 1. The summed E-state index contributed by atoms with van der Waals surface area (Å²) in [5, 5.41) is 3.16. The highest BCUT2D eigenvalue weighted by Gasteiger charge is 2.36. The Hall–Kier alpha value is -2.02. The van der Waals surface area contributed by atoms with Crippen LogP contribution in [0.5, 0.6) is 0 Å². The van der Waals surface area contributed by atoms with Gasteiger partial charge in [-0.2, -0.15) is 0 Å². The van der Waals surface area contributed by atoms with Gasteiger partial charge >= 0.3 is 0 Å². The van der Waals surface area contributed by atoms with E-state index in [-0.39, 0.29) is 17.0 Å². The zero-order chi connectivity index (χ0) is 16.6. The quantitative estimate of drug-likeness (QED) is 0.846. The molecule has 1 N–H and O–H groups in total. The van der Waals surface area contributed by atoms with Gasteiger partial charge in [-0.1, -0.05) is 6.07 Å². The van der Waals surface area contributed by atoms with Gasteiger partial charge in [0, 0.05) is 26.8 Å². The van der Waals surface area contributed by atoms with Crippen molar-refractivity contribution < 1.29 is 13.6 Å². The molecule has 0 saturated carbocycles. The molecule has 0 spiro atoms. The van der Waals surface area contributed by atoms with E-state index in [9.17, 15) is 13.6 Å². The molecule has 4 nitrogen and oxygen atoms in total. The van der Waals surface area contributed by atoms with Gasteiger partial charge in [-0.25, -0.2) is 8.78 Å². The summed E-state index contributed by atoms with van der Waals surface area (Å²) < 4.78 is 28.3. The number of amides is 1. The van der Waals surface area contributed by atoms with E-state index in [4.69, 9.17) is 12.2 Å². The van der Waals surface area contributed by atoms with E-state index < -0.39 is 17.7 Å². The molecule has 1 amide bonds. The summed E-state index contributed by atoms with van der Waals surface area (Å²) >= 11 is 5.19. The molecular formula is C15H17F2N3OS. The molecule has 1 heterocycles. The maximum atomic E-state index is 14.1. The van der Waals surface area contributed by atoms with E-state index in [1.165, 1.54) is 11.0 Å². The Morgan fingerprint density at radius 3 is 2.36 bits per heavy atom. The number of halogens is 2. The number of likely N-dealkylation sites (N-methyl/N-ethyl adjacent to an activating group) is 1. The van der Waals surface area contributed by atoms with Crippen LogP contribution in [0.2, 0.25) is 0 Å². The molecular weight excluding hydrogens is 308 g/mol. The van der Waals surface area contributed by atoms with Gasteiger partial charge in [0.2, 0.25) is 0 Å². The van der Waals surface area contributed by atoms with Gasteiger partial charge in [-0.15, -0.1) is 0 Å². The summed E-state index contributed by atoms with van der Waals surface area (Å²) in [4.78, 5) is 15.5. The second-order valence-corrected chi connectivity index (χ2v) is 5.66. The van der Waals surface area contributed by atoms with Crippen LogP contribution in [0.15, 0.2) is 29.5 Å². The predicted octanol–water partition coefficient (Wildman–Crippen LogP) is 2.19. The summed E-state index contributed by atoms with van der Waals surface area (Å²) in [5.74, 6) is -1.77. The molecule has 118 valence electrons. The number of rotatable bonds is 2. The predicted molar refractivity (Wildman–Crippen MR) is 84.0 cm³/mol. The van der Waals surface area contributed by atoms with Crippen molar-refractivity contribution in [2.75, 3.05) is 21.1 Å². The molecule has 1 aromatic rings. The Bertz CT molecular complexity index is 653. The van der Waals surface area contributed by atoms with Crippen LogP contribution in [0.3, 0.4) is 0 Å². The van der Waals surface area contributed by atoms with Gasteiger partial charge in [0.05, 0.1) is 17.2 Å². The largest absolute Gasteiger partial charge is 0.351 e. The second kappa shape index (κ2) is 6.00. The minimum Gasteiger partial charge on any atom is -0.351 e. The molecule has 22 heavy (non-hydrogen) atoms. The SMILES string of the molecule is CC1=C(C(=O)N(C)C)C(c2c(F)cccc2F)NC(=S)N1C. The van der Waals surface area contributed by atoms with Crippen molar-refractivity contribution in [2.24, 2.45) is 0 Å². The molecule has 7 heteroatoms. The molecule has 0 bridgehead atoms. The molecule has 0 radical (unpaired) electrons. The van der Waals surface area contributed by atoms with Crippen molar-refractivity contribution in [3.05, 3.63) is 46.7 Å². The van der Waals surface area contributed by atoms with Crippen LogP contribution < -0.4 is 5.32 Å². The summed E-state index contributed by atoms with van der Waals surface area (Å²) in [7, 11) is 4.87. The number of thiocarbonyl (C=S) groups is 1. The third-order valence-corrected chi connectivity index (χ3v) is 4.07. The van der Waals surface area contributed by atoms with Gasteiger partial charge < -0.3 is 15.1 Å². The highest BCUT2D eigenvalue weighted by molar-refractivity contribution is 7.80. The van der Waals surface area contributed by atoms with E-state index in [0.29, 0.717) is 10.8 Å². The molecule has 1 atom stereocenters. The van der Waals surface area contributed by atoms with Crippen LogP contribution in [-0.4, -0.2) is 42.0 Å². The van der Waals surface area contributed by atoms with Gasteiger partial charge in [0.15, 0.2) is 5.11 Å². The van der Waals surface area contributed by atoms with E-state index in [2.05, 4.69) is 5.32 Å². The molecule has 0 fully saturated rings. The van der Waals surface area contributed by atoms with Gasteiger partial charge in [0.25, 0.3) is 5.91 Å². The number of allylic oxidation sites excluding steroid dienone is 1. The first kappa shape index (κ1) is 16.4. The van der Waals surface area contributed by atoms with E-state index in [1.54, 1.807) is 33.0 Å². The average molecular weight is 325 g/mol. The van der Waals surface area contributed by atoms with Crippen LogP contribution >= 0.6 is 12.2 Å². The molecule has 1 aliphatic heterocycles. The number of hydrogen-bond acceptors (Lipinski definition) is 2. The molecule has 1 unspecified atom stereocenters. The topological polar surface area (TPSA) is 35.6 Å². The van der Waals surface area contributed by atoms with E-state index >= 15 is 0 Å². The monoisotopic (exact) mass is 325 g/mol. The normalized spacial score (nSPS) is 18.4. The van der Waals surface area contributed by atoms with E-state index in [0.717, 1.165) is 12.1 Å². The molecule has 1 aromatic carbocycles. The highest BCUT2D eigenvalue weighted by atomic mass is 32.1. The van der Waals surface area contributed by atoms with E-state index in [1.807, 2.05) is 0 Å². The Labute approximate surface area is 133 Å². The summed E-state index contributed by atoms with van der Waals surface area (Å²) in [6.07, 6.45) is 0. The lowest BCUT2D eigenvalue weighted by Gasteiger charge is -2.36. The number of hydrogen-bond donors (Lipinski definition) is 1. The zero-order valence-corrected chi connectivity index (χ0v) is 13.6. The first-order valence-corrected chi connectivity index (χ1v) is 7.07. The van der Waals surface area contributed by atoms with Crippen molar-refractivity contribution in [1.29, 1.82) is 0 Å². The van der Waals surface area contributed by atoms with Crippen molar-refractivity contribution in [3.8, 4) is 0 Å². The lowest BCUT2D eigenvalue weighted by molar-refractivity contribution is -0.125. The fourth-order valence-corrected chi connectivity index (χ4v) is 2.61. The summed E-state index contributed by atoms with van der Waals surface area (Å²) in [6, 6.07) is 2.65. The Morgan fingerprint density at radius 2 is 1.86 bits per heavy atom. The van der Waals surface area contributed by atoms with Crippen molar-refractivity contribution in [1.82, 2.24) is 15.1 Å². The second-order valence-electron chi connectivity index (χ2n) is 5.28. The zero-order valence-electron chi connectivity index (χ0n) is 12.8. The fourth-order valence-electron chi connectivity index (χ4n) is 2.36. The standard InChI is InChI=1S/C15H17F2N3OS/c1-8-11(14(21)19(2)3)13(18-15(22)20(8)4)12-9(16)6-5-7-10(12)17/h5-7,13H,1-4H3,(H,18,22). The maximum absolute atomic E-state index is 14.1. The lowest BCUT2D eigenvalue weighted by Crippen LogP contribution is -2.47. The van der Waals surface area contributed by atoms with Crippen molar-refractivity contribution in [2.45, 2.75) is 13.0 Å². The first-order chi connectivity index (χ1) is 10.3. The smallest absolute Gasteiger partial charge is 0.253 e. The summed E-state index contributed by atoms with van der Waals surface area (Å²) in [6.45, 7) is 1.70. The van der Waals surface area contributed by atoms with Gasteiger partial charge in [-0.05, 0) is 31.3 Å². The summed E-state index contributed by atoms with van der Waals surface area (Å²) in [5.41, 5.74) is 0.628. The Morgan fingerprint density at radius 1 is 1.32 bits per heavy atom.